The molecule has 0 unspecified atom stereocenters. The van der Waals surface area contributed by atoms with Gasteiger partial charge in [0.25, 0.3) is 5.91 Å². The number of H-pyrrole nitrogens is 1. The number of hydrogen-bond acceptors (Lipinski definition) is 8. The number of ether oxygens (including phenoxy) is 2. The second-order valence-corrected chi connectivity index (χ2v) is 10.7. The molecule has 0 atom stereocenters. The summed E-state index contributed by atoms with van der Waals surface area (Å²) >= 11 is 6.80. The Morgan fingerprint density at radius 2 is 2.03 bits per heavy atom. The predicted molar refractivity (Wildman–Crippen MR) is 147 cm³/mol. The van der Waals surface area contributed by atoms with E-state index < -0.39 is 0 Å². The van der Waals surface area contributed by atoms with Crippen LogP contribution in [0.2, 0.25) is 5.02 Å². The van der Waals surface area contributed by atoms with Crippen molar-refractivity contribution in [3.8, 4) is 11.4 Å². The van der Waals surface area contributed by atoms with Crippen LogP contribution in [0.4, 0.5) is 5.82 Å². The van der Waals surface area contributed by atoms with E-state index in [0.717, 1.165) is 38.2 Å². The minimum atomic E-state index is -0.340. The molecule has 11 nitrogen and oxygen atoms in total. The molecule has 1 aliphatic rings. The van der Waals surface area contributed by atoms with Gasteiger partial charge >= 0.3 is 0 Å². The van der Waals surface area contributed by atoms with Crippen molar-refractivity contribution in [3.05, 3.63) is 35.1 Å². The second-order valence-electron chi connectivity index (χ2n) is 10.3. The Kier molecular flexibility index (Phi) is 7.53. The molecule has 0 radical (unpaired) electrons. The lowest BCUT2D eigenvalue weighted by Gasteiger charge is -2.26. The highest BCUT2D eigenvalue weighted by molar-refractivity contribution is 6.38. The van der Waals surface area contributed by atoms with Gasteiger partial charge in [0.1, 0.15) is 17.8 Å². The highest BCUT2D eigenvalue weighted by Crippen LogP contribution is 2.39. The Morgan fingerprint density at radius 3 is 2.79 bits per heavy atom. The maximum absolute atomic E-state index is 12.8. The van der Waals surface area contributed by atoms with Gasteiger partial charge in [-0.05, 0) is 32.9 Å². The fourth-order valence-corrected chi connectivity index (χ4v) is 4.85. The SMILES string of the molecule is CC(C)(C)n1nc(-c2[nH]c3cc(C(=O)NCCOCCN4CCOCC4)ccc3c2Cl)c2c(N)ncnc21. The average Bonchev–Trinajstić information content (AvgIpc) is 3.45. The number of halogens is 1. The van der Waals surface area contributed by atoms with Crippen LogP contribution in [0.15, 0.2) is 24.5 Å². The summed E-state index contributed by atoms with van der Waals surface area (Å²) in [6.07, 6.45) is 1.43. The molecule has 3 aromatic heterocycles. The van der Waals surface area contributed by atoms with Crippen molar-refractivity contribution in [2.45, 2.75) is 26.3 Å². The van der Waals surface area contributed by atoms with E-state index in [1.807, 2.05) is 31.5 Å². The number of benzene rings is 1. The summed E-state index contributed by atoms with van der Waals surface area (Å²) < 4.78 is 12.9. The molecule has 1 amide bonds. The van der Waals surface area contributed by atoms with Crippen molar-refractivity contribution in [2.24, 2.45) is 0 Å². The fourth-order valence-electron chi connectivity index (χ4n) is 4.54. The Hall–Kier alpha value is -3.25. The molecule has 0 saturated carbocycles. The Labute approximate surface area is 225 Å². The first-order valence-corrected chi connectivity index (χ1v) is 13.1. The van der Waals surface area contributed by atoms with Gasteiger partial charge in [-0.3, -0.25) is 9.69 Å². The number of nitrogens with two attached hydrogens (primary N) is 1. The standard InChI is InChI=1S/C26H33ClN8O3/c1-26(2,3)35-24-19(23(28)30-15-31-24)21(33-35)22-20(27)17-5-4-16(14-18(17)32-22)25(36)29-6-10-37-11-7-34-8-12-38-13-9-34/h4-5,14-15,32H,6-13H2,1-3H3,(H,29,36)(H2,28,30,31). The second kappa shape index (κ2) is 10.9. The van der Waals surface area contributed by atoms with Gasteiger partial charge in [-0.2, -0.15) is 5.10 Å². The molecular weight excluding hydrogens is 508 g/mol. The van der Waals surface area contributed by atoms with Gasteiger partial charge in [0.2, 0.25) is 0 Å². The fraction of sp³-hybridized carbons (Fsp3) is 0.462. The maximum atomic E-state index is 12.8. The topological polar surface area (TPSA) is 136 Å². The van der Waals surface area contributed by atoms with Crippen LogP contribution in [0.3, 0.4) is 0 Å². The summed E-state index contributed by atoms with van der Waals surface area (Å²) in [5, 5.41) is 9.62. The molecule has 1 aromatic carbocycles. The molecule has 5 rings (SSSR count). The van der Waals surface area contributed by atoms with E-state index in [1.165, 1.54) is 6.33 Å². The minimum absolute atomic E-state index is 0.184. The monoisotopic (exact) mass is 540 g/mol. The van der Waals surface area contributed by atoms with Crippen molar-refractivity contribution < 1.29 is 14.3 Å². The number of aromatic nitrogens is 5. The molecule has 0 aliphatic carbocycles. The highest BCUT2D eigenvalue weighted by Gasteiger charge is 2.26. The number of fused-ring (bicyclic) bond motifs is 2. The zero-order chi connectivity index (χ0) is 26.9. The Bertz CT molecular complexity index is 1450. The van der Waals surface area contributed by atoms with Crippen molar-refractivity contribution in [1.29, 1.82) is 0 Å². The first-order chi connectivity index (χ1) is 18.2. The molecule has 4 heterocycles. The largest absolute Gasteiger partial charge is 0.383 e. The lowest BCUT2D eigenvalue weighted by Crippen LogP contribution is -2.38. The van der Waals surface area contributed by atoms with E-state index in [-0.39, 0.29) is 11.4 Å². The van der Waals surface area contributed by atoms with Crippen molar-refractivity contribution >= 4 is 45.3 Å². The molecule has 38 heavy (non-hydrogen) atoms. The minimum Gasteiger partial charge on any atom is -0.383 e. The first kappa shape index (κ1) is 26.4. The lowest BCUT2D eigenvalue weighted by molar-refractivity contribution is 0.0207. The number of carbonyl (C=O) groups excluding carboxylic acids is 1. The number of nitrogen functional groups attached to an aromatic ring is 1. The Morgan fingerprint density at radius 1 is 1.24 bits per heavy atom. The van der Waals surface area contributed by atoms with Gasteiger partial charge in [0.15, 0.2) is 5.65 Å². The number of carbonyl (C=O) groups is 1. The molecule has 4 aromatic rings. The van der Waals surface area contributed by atoms with Crippen LogP contribution in [-0.2, 0) is 15.0 Å². The third-order valence-electron chi connectivity index (χ3n) is 6.55. The number of nitrogens with one attached hydrogen (secondary N) is 2. The van der Waals surface area contributed by atoms with Crippen LogP contribution < -0.4 is 11.1 Å². The summed E-state index contributed by atoms with van der Waals surface area (Å²) in [4.78, 5) is 27.0. The lowest BCUT2D eigenvalue weighted by atomic mass is 10.1. The Balaban J connectivity index is 1.30. The van der Waals surface area contributed by atoms with E-state index in [0.29, 0.717) is 64.1 Å². The van der Waals surface area contributed by atoms with Gasteiger partial charge < -0.3 is 25.5 Å². The van der Waals surface area contributed by atoms with E-state index in [4.69, 9.17) is 31.9 Å². The average molecular weight is 541 g/mol. The molecule has 1 fully saturated rings. The number of hydrogen-bond donors (Lipinski definition) is 3. The normalized spacial score (nSPS) is 14.9. The van der Waals surface area contributed by atoms with Crippen molar-refractivity contribution in [3.63, 3.8) is 0 Å². The predicted octanol–water partition coefficient (Wildman–Crippen LogP) is 3.04. The molecule has 0 spiro atoms. The third-order valence-corrected chi connectivity index (χ3v) is 6.94. The van der Waals surface area contributed by atoms with Crippen LogP contribution >= 0.6 is 11.6 Å². The van der Waals surface area contributed by atoms with E-state index in [1.54, 1.807) is 12.1 Å². The smallest absolute Gasteiger partial charge is 0.251 e. The van der Waals surface area contributed by atoms with Crippen LogP contribution in [-0.4, -0.2) is 88.1 Å². The van der Waals surface area contributed by atoms with Crippen LogP contribution in [0.1, 0.15) is 31.1 Å². The molecule has 1 aliphatic heterocycles. The van der Waals surface area contributed by atoms with Crippen LogP contribution in [0.5, 0.6) is 0 Å². The number of amides is 1. The van der Waals surface area contributed by atoms with Gasteiger partial charge in [-0.1, -0.05) is 17.7 Å². The van der Waals surface area contributed by atoms with E-state index in [2.05, 4.69) is 25.2 Å². The molecule has 1 saturated heterocycles. The molecule has 0 bridgehead atoms. The van der Waals surface area contributed by atoms with E-state index >= 15 is 0 Å². The third kappa shape index (κ3) is 5.32. The van der Waals surface area contributed by atoms with Gasteiger partial charge in [-0.15, -0.1) is 0 Å². The van der Waals surface area contributed by atoms with E-state index in [9.17, 15) is 4.79 Å². The molecule has 12 heteroatoms. The van der Waals surface area contributed by atoms with Crippen molar-refractivity contribution in [2.75, 3.05) is 58.3 Å². The summed E-state index contributed by atoms with van der Waals surface area (Å²) in [6, 6.07) is 5.36. The zero-order valence-corrected chi connectivity index (χ0v) is 22.6. The van der Waals surface area contributed by atoms with Gasteiger partial charge in [0, 0.05) is 42.6 Å². The first-order valence-electron chi connectivity index (χ1n) is 12.7. The number of nitrogens with zero attached hydrogens (tertiary/aromatic N) is 5. The number of anilines is 1. The number of morpholine rings is 1. The van der Waals surface area contributed by atoms with Crippen LogP contribution in [0, 0.1) is 0 Å². The molecule has 202 valence electrons. The number of aromatic amines is 1. The summed E-state index contributed by atoms with van der Waals surface area (Å²) in [5.41, 5.74) is 8.93. The van der Waals surface area contributed by atoms with Gasteiger partial charge in [0.05, 0.1) is 48.1 Å². The van der Waals surface area contributed by atoms with Gasteiger partial charge in [-0.25, -0.2) is 14.6 Å². The quantitative estimate of drug-likeness (QED) is 0.290. The summed E-state index contributed by atoms with van der Waals surface area (Å²) in [5.74, 6) is 0.138. The zero-order valence-electron chi connectivity index (χ0n) is 21.9. The maximum Gasteiger partial charge on any atom is 0.251 e. The van der Waals surface area contributed by atoms with Crippen LogP contribution in [0.25, 0.3) is 33.3 Å². The molecule has 4 N–H and O–H groups in total. The molecular formula is C26H33ClN8O3. The summed E-state index contributed by atoms with van der Waals surface area (Å²) in [6.45, 7) is 11.9. The van der Waals surface area contributed by atoms with Crippen molar-refractivity contribution in [1.82, 2.24) is 34.9 Å². The highest BCUT2D eigenvalue weighted by atomic mass is 35.5. The number of rotatable bonds is 8. The summed E-state index contributed by atoms with van der Waals surface area (Å²) in [7, 11) is 0.